The number of hydrogen-bond donors (Lipinski definition) is 1. The summed E-state index contributed by atoms with van der Waals surface area (Å²) in [5.41, 5.74) is 0. The van der Waals surface area contributed by atoms with Crippen molar-refractivity contribution in [2.45, 2.75) is 6.10 Å². The molecule has 0 unspecified atom stereocenters. The number of aliphatic hydroxyl groups excluding tert-OH is 1. The predicted octanol–water partition coefficient (Wildman–Crippen LogP) is -1.61. The zero-order chi connectivity index (χ0) is 7.84. The summed E-state index contributed by atoms with van der Waals surface area (Å²) < 4.78 is 1.59. The fourth-order valence-corrected chi connectivity index (χ4v) is 1.11. The summed E-state index contributed by atoms with van der Waals surface area (Å²) in [4.78, 5) is 1.92. The van der Waals surface area contributed by atoms with Gasteiger partial charge in [-0.15, -0.1) is 0 Å². The lowest BCUT2D eigenvalue weighted by Gasteiger charge is -2.35. The zero-order valence-electron chi connectivity index (χ0n) is 6.17. The molecule has 6 nitrogen and oxygen atoms in total. The molecule has 0 atom stereocenters. The lowest BCUT2D eigenvalue weighted by Crippen LogP contribution is -2.51. The number of aryl methyl sites for hydroxylation is 1. The summed E-state index contributed by atoms with van der Waals surface area (Å²) in [5, 5.41) is 19.9. The number of anilines is 1. The van der Waals surface area contributed by atoms with E-state index >= 15 is 0 Å². The Morgan fingerprint density at radius 1 is 1.55 bits per heavy atom. The van der Waals surface area contributed by atoms with Gasteiger partial charge in [0.15, 0.2) is 0 Å². The largest absolute Gasteiger partial charge is 0.389 e. The van der Waals surface area contributed by atoms with Gasteiger partial charge in [-0.3, -0.25) is 0 Å². The molecule has 2 rings (SSSR count). The van der Waals surface area contributed by atoms with Gasteiger partial charge in [-0.25, -0.2) is 4.68 Å². The van der Waals surface area contributed by atoms with Gasteiger partial charge in [0.1, 0.15) is 0 Å². The molecule has 0 amide bonds. The lowest BCUT2D eigenvalue weighted by molar-refractivity contribution is 0.140. The van der Waals surface area contributed by atoms with Gasteiger partial charge < -0.3 is 10.0 Å². The van der Waals surface area contributed by atoms with Gasteiger partial charge in [-0.2, -0.15) is 0 Å². The molecular formula is C5H9N5O. The average Bonchev–Trinajstić information content (AvgIpc) is 2.29. The number of rotatable bonds is 1. The van der Waals surface area contributed by atoms with Crippen LogP contribution in [0.4, 0.5) is 5.95 Å². The maximum atomic E-state index is 8.99. The van der Waals surface area contributed by atoms with Gasteiger partial charge in [0.25, 0.3) is 0 Å². The van der Waals surface area contributed by atoms with Crippen LogP contribution in [0, 0.1) is 0 Å². The summed E-state index contributed by atoms with van der Waals surface area (Å²) in [6, 6.07) is 0. The maximum Gasteiger partial charge on any atom is 0.245 e. The summed E-state index contributed by atoms with van der Waals surface area (Å²) in [5.74, 6) is 0.718. The van der Waals surface area contributed by atoms with Crippen LogP contribution < -0.4 is 4.90 Å². The van der Waals surface area contributed by atoms with E-state index in [9.17, 15) is 0 Å². The first-order valence-electron chi connectivity index (χ1n) is 3.43. The summed E-state index contributed by atoms with van der Waals surface area (Å²) in [6.07, 6.45) is -0.216. The molecule has 0 saturated carbocycles. The van der Waals surface area contributed by atoms with Gasteiger partial charge in [0, 0.05) is 20.1 Å². The molecule has 1 aromatic heterocycles. The number of β-amino-alcohol motifs (C(OH)–C–C–N with tert-alkyl or cyclic N) is 1. The third-order valence-corrected chi connectivity index (χ3v) is 1.74. The zero-order valence-corrected chi connectivity index (χ0v) is 6.17. The highest BCUT2D eigenvalue weighted by Crippen LogP contribution is 2.15. The van der Waals surface area contributed by atoms with Crippen LogP contribution in [-0.2, 0) is 7.05 Å². The molecule has 0 aromatic carbocycles. The number of hydrogen-bond acceptors (Lipinski definition) is 5. The van der Waals surface area contributed by atoms with Crippen molar-refractivity contribution in [2.75, 3.05) is 18.0 Å². The van der Waals surface area contributed by atoms with Crippen molar-refractivity contribution in [3.63, 3.8) is 0 Å². The van der Waals surface area contributed by atoms with Gasteiger partial charge in [-0.1, -0.05) is 5.10 Å². The highest BCUT2D eigenvalue weighted by atomic mass is 16.3. The molecule has 60 valence electrons. The standard InChI is InChI=1S/C5H9N5O/c1-9-5(6-7-8-9)10-2-4(11)3-10/h4,11H,2-3H2,1H3. The fraction of sp³-hybridized carbons (Fsp3) is 0.800. The summed E-state index contributed by atoms with van der Waals surface area (Å²) >= 11 is 0. The van der Waals surface area contributed by atoms with E-state index in [4.69, 9.17) is 5.11 Å². The van der Waals surface area contributed by atoms with Crippen LogP contribution in [0.1, 0.15) is 0 Å². The van der Waals surface area contributed by atoms with Crippen molar-refractivity contribution < 1.29 is 5.11 Å². The molecule has 0 spiro atoms. The SMILES string of the molecule is Cn1nnnc1N1CC(O)C1. The predicted molar refractivity (Wildman–Crippen MR) is 37.0 cm³/mol. The molecule has 1 saturated heterocycles. The molecule has 1 aliphatic rings. The van der Waals surface area contributed by atoms with Crippen LogP contribution in [-0.4, -0.2) is 44.5 Å². The topological polar surface area (TPSA) is 67.1 Å². The van der Waals surface area contributed by atoms with Gasteiger partial charge >= 0.3 is 0 Å². The first-order valence-corrected chi connectivity index (χ1v) is 3.43. The second-order valence-electron chi connectivity index (χ2n) is 2.66. The van der Waals surface area contributed by atoms with Crippen molar-refractivity contribution in [1.29, 1.82) is 0 Å². The molecule has 2 heterocycles. The molecule has 0 bridgehead atoms. The molecule has 6 heteroatoms. The molecule has 11 heavy (non-hydrogen) atoms. The third kappa shape index (κ3) is 0.949. The van der Waals surface area contributed by atoms with Crippen molar-refractivity contribution in [1.82, 2.24) is 20.2 Å². The normalized spacial score (nSPS) is 18.5. The molecule has 1 fully saturated rings. The summed E-state index contributed by atoms with van der Waals surface area (Å²) in [7, 11) is 1.78. The first-order chi connectivity index (χ1) is 5.27. The van der Waals surface area contributed by atoms with Crippen molar-refractivity contribution in [2.24, 2.45) is 7.05 Å². The van der Waals surface area contributed by atoms with Crippen molar-refractivity contribution in [3.05, 3.63) is 0 Å². The van der Waals surface area contributed by atoms with E-state index in [1.165, 1.54) is 0 Å². The monoisotopic (exact) mass is 155 g/mol. The van der Waals surface area contributed by atoms with E-state index in [-0.39, 0.29) is 6.10 Å². The van der Waals surface area contributed by atoms with E-state index in [0.29, 0.717) is 13.1 Å². The second kappa shape index (κ2) is 2.16. The minimum atomic E-state index is -0.216. The van der Waals surface area contributed by atoms with Crippen molar-refractivity contribution >= 4 is 5.95 Å². The first kappa shape index (κ1) is 6.53. The minimum Gasteiger partial charge on any atom is -0.389 e. The number of nitrogens with zero attached hydrogens (tertiary/aromatic N) is 5. The Morgan fingerprint density at radius 3 is 2.73 bits per heavy atom. The van der Waals surface area contributed by atoms with Crippen LogP contribution in [0.15, 0.2) is 0 Å². The molecule has 1 aromatic rings. The highest BCUT2D eigenvalue weighted by molar-refractivity contribution is 5.32. The number of tetrazole rings is 1. The molecular weight excluding hydrogens is 146 g/mol. The Balaban J connectivity index is 2.12. The average molecular weight is 155 g/mol. The smallest absolute Gasteiger partial charge is 0.245 e. The van der Waals surface area contributed by atoms with Crippen LogP contribution in [0.5, 0.6) is 0 Å². The van der Waals surface area contributed by atoms with Crippen LogP contribution in [0.2, 0.25) is 0 Å². The Morgan fingerprint density at radius 2 is 2.27 bits per heavy atom. The van der Waals surface area contributed by atoms with Crippen LogP contribution >= 0.6 is 0 Å². The van der Waals surface area contributed by atoms with Crippen LogP contribution in [0.25, 0.3) is 0 Å². The van der Waals surface area contributed by atoms with Crippen LogP contribution in [0.3, 0.4) is 0 Å². The van der Waals surface area contributed by atoms with Crippen molar-refractivity contribution in [3.8, 4) is 0 Å². The molecule has 0 radical (unpaired) electrons. The Hall–Kier alpha value is -1.17. The fourth-order valence-electron chi connectivity index (χ4n) is 1.11. The van der Waals surface area contributed by atoms with E-state index in [1.807, 2.05) is 4.90 Å². The quantitative estimate of drug-likeness (QED) is 0.528. The van der Waals surface area contributed by atoms with E-state index in [2.05, 4.69) is 15.5 Å². The lowest BCUT2D eigenvalue weighted by atomic mass is 10.2. The van der Waals surface area contributed by atoms with Gasteiger partial charge in [-0.05, 0) is 10.4 Å². The Kier molecular flexibility index (Phi) is 1.28. The van der Waals surface area contributed by atoms with Gasteiger partial charge in [0.2, 0.25) is 5.95 Å². The van der Waals surface area contributed by atoms with E-state index in [1.54, 1.807) is 11.7 Å². The Bertz CT molecular complexity index is 253. The third-order valence-electron chi connectivity index (χ3n) is 1.74. The molecule has 1 aliphatic heterocycles. The highest BCUT2D eigenvalue weighted by Gasteiger charge is 2.27. The second-order valence-corrected chi connectivity index (χ2v) is 2.66. The number of aromatic nitrogens is 4. The van der Waals surface area contributed by atoms with E-state index in [0.717, 1.165) is 5.95 Å². The summed E-state index contributed by atoms with van der Waals surface area (Å²) in [6.45, 7) is 1.27. The maximum absolute atomic E-state index is 8.99. The molecule has 0 aliphatic carbocycles. The number of aliphatic hydroxyl groups is 1. The van der Waals surface area contributed by atoms with E-state index < -0.39 is 0 Å². The Labute approximate surface area is 63.4 Å². The van der Waals surface area contributed by atoms with Gasteiger partial charge in [0.05, 0.1) is 6.10 Å². The molecule has 1 N–H and O–H groups in total. The minimum absolute atomic E-state index is 0.216.